The minimum Gasteiger partial charge on any atom is -0.490 e. The van der Waals surface area contributed by atoms with Crippen LogP contribution in [0.2, 0.25) is 0 Å². The molecule has 10 heteroatoms. The number of hydrogen-bond acceptors (Lipinski definition) is 7. The number of furan rings is 1. The van der Waals surface area contributed by atoms with Crippen LogP contribution >= 0.6 is 0 Å². The number of amides is 1. The maximum absolute atomic E-state index is 13.1. The van der Waals surface area contributed by atoms with Crippen molar-refractivity contribution in [3.8, 4) is 5.75 Å². The molecule has 9 nitrogen and oxygen atoms in total. The quantitative estimate of drug-likeness (QED) is 0.543. The van der Waals surface area contributed by atoms with Crippen LogP contribution in [0.1, 0.15) is 22.5 Å². The molecule has 144 valence electrons. The molecular weight excluding hydrogens is 376 g/mol. The predicted octanol–water partition coefficient (Wildman–Crippen LogP) is 2.03. The van der Waals surface area contributed by atoms with E-state index < -0.39 is 26.7 Å². The summed E-state index contributed by atoms with van der Waals surface area (Å²) in [6, 6.07) is 6.74. The first-order valence-corrected chi connectivity index (χ1v) is 9.99. The zero-order chi connectivity index (χ0) is 19.6. The standard InChI is InChI=1S/C17H18N2O7S/c1-25-16-5-4-12(9-15(16)19(21)22)17(20)18(10-14-3-2-7-26-14)13-6-8-27(23,24)11-13/h2-5,7,9,13H,6,8,10-11H2,1H3. The average molecular weight is 394 g/mol. The molecule has 0 radical (unpaired) electrons. The predicted molar refractivity (Wildman–Crippen MR) is 95.3 cm³/mol. The smallest absolute Gasteiger partial charge is 0.311 e. The summed E-state index contributed by atoms with van der Waals surface area (Å²) in [6.45, 7) is 0.0752. The number of rotatable bonds is 6. The topological polar surface area (TPSA) is 120 Å². The summed E-state index contributed by atoms with van der Waals surface area (Å²) in [6.07, 6.45) is 1.77. The Morgan fingerprint density at radius 2 is 2.19 bits per heavy atom. The van der Waals surface area contributed by atoms with Crippen molar-refractivity contribution in [3.63, 3.8) is 0 Å². The van der Waals surface area contributed by atoms with Gasteiger partial charge in [-0.05, 0) is 30.7 Å². The lowest BCUT2D eigenvalue weighted by molar-refractivity contribution is -0.385. The first-order chi connectivity index (χ1) is 12.8. The molecule has 1 aromatic heterocycles. The summed E-state index contributed by atoms with van der Waals surface area (Å²) in [5, 5.41) is 11.2. The van der Waals surface area contributed by atoms with Crippen molar-refractivity contribution < 1.29 is 27.3 Å². The van der Waals surface area contributed by atoms with Crippen LogP contribution in [0.4, 0.5) is 5.69 Å². The molecule has 0 saturated carbocycles. The van der Waals surface area contributed by atoms with Crippen molar-refractivity contribution >= 4 is 21.4 Å². The van der Waals surface area contributed by atoms with Gasteiger partial charge in [0.2, 0.25) is 0 Å². The van der Waals surface area contributed by atoms with Crippen molar-refractivity contribution in [2.75, 3.05) is 18.6 Å². The molecule has 3 rings (SSSR count). The van der Waals surface area contributed by atoms with Gasteiger partial charge >= 0.3 is 5.69 Å². The number of methoxy groups -OCH3 is 1. The maximum atomic E-state index is 13.1. The number of nitrogens with zero attached hydrogens (tertiary/aromatic N) is 2. The third-order valence-corrected chi connectivity index (χ3v) is 6.19. The number of carbonyl (C=O) groups excluding carboxylic acids is 1. The Kier molecular flexibility index (Phi) is 5.17. The number of sulfone groups is 1. The monoisotopic (exact) mass is 394 g/mol. The highest BCUT2D eigenvalue weighted by molar-refractivity contribution is 7.91. The molecule has 1 amide bonds. The van der Waals surface area contributed by atoms with E-state index in [4.69, 9.17) is 9.15 Å². The third kappa shape index (κ3) is 4.11. The second-order valence-corrected chi connectivity index (χ2v) is 8.44. The molecule has 1 atom stereocenters. The second kappa shape index (κ2) is 7.39. The van der Waals surface area contributed by atoms with Crippen molar-refractivity contribution in [2.24, 2.45) is 0 Å². The van der Waals surface area contributed by atoms with Gasteiger partial charge in [-0.15, -0.1) is 0 Å². The largest absolute Gasteiger partial charge is 0.490 e. The summed E-state index contributed by atoms with van der Waals surface area (Å²) in [5.74, 6) is -0.104. The van der Waals surface area contributed by atoms with Gasteiger partial charge in [-0.2, -0.15) is 0 Å². The molecule has 27 heavy (non-hydrogen) atoms. The Hall–Kier alpha value is -2.88. The number of carbonyl (C=O) groups is 1. The first kappa shape index (κ1) is 18.9. The van der Waals surface area contributed by atoms with Gasteiger partial charge in [0.25, 0.3) is 5.91 Å². The van der Waals surface area contributed by atoms with E-state index >= 15 is 0 Å². The Bertz CT molecular complexity index is 954. The molecule has 1 aliphatic rings. The van der Waals surface area contributed by atoms with Gasteiger partial charge in [-0.1, -0.05) is 0 Å². The summed E-state index contributed by atoms with van der Waals surface area (Å²) in [5.41, 5.74) is -0.251. The van der Waals surface area contributed by atoms with Gasteiger partial charge in [0.15, 0.2) is 15.6 Å². The van der Waals surface area contributed by atoms with Crippen LogP contribution in [0.25, 0.3) is 0 Å². The van der Waals surface area contributed by atoms with Crippen LogP contribution in [0, 0.1) is 10.1 Å². The molecule has 1 fully saturated rings. The molecule has 1 saturated heterocycles. The maximum Gasteiger partial charge on any atom is 0.311 e. The van der Waals surface area contributed by atoms with E-state index in [0.29, 0.717) is 12.2 Å². The molecule has 0 N–H and O–H groups in total. The van der Waals surface area contributed by atoms with Gasteiger partial charge < -0.3 is 14.1 Å². The van der Waals surface area contributed by atoms with Crippen molar-refractivity contribution in [1.29, 1.82) is 0 Å². The van der Waals surface area contributed by atoms with Crippen LogP contribution in [-0.2, 0) is 16.4 Å². The van der Waals surface area contributed by atoms with Gasteiger partial charge in [0.1, 0.15) is 5.76 Å². The van der Waals surface area contributed by atoms with Crippen LogP contribution < -0.4 is 4.74 Å². The van der Waals surface area contributed by atoms with E-state index in [1.54, 1.807) is 12.1 Å². The molecule has 2 aromatic rings. The minimum atomic E-state index is -3.22. The van der Waals surface area contributed by atoms with E-state index in [1.165, 1.54) is 30.4 Å². The van der Waals surface area contributed by atoms with Gasteiger partial charge in [-0.25, -0.2) is 8.42 Å². The summed E-state index contributed by atoms with van der Waals surface area (Å²) in [7, 11) is -1.92. The lowest BCUT2D eigenvalue weighted by Gasteiger charge is -2.27. The number of benzene rings is 1. The fraction of sp³-hybridized carbons (Fsp3) is 0.353. The number of hydrogen-bond donors (Lipinski definition) is 0. The van der Waals surface area contributed by atoms with Gasteiger partial charge in [0, 0.05) is 17.7 Å². The first-order valence-electron chi connectivity index (χ1n) is 8.17. The molecule has 2 heterocycles. The highest BCUT2D eigenvalue weighted by Crippen LogP contribution is 2.29. The number of nitro benzene ring substituents is 1. The SMILES string of the molecule is COc1ccc(C(=O)N(Cc2ccco2)C2CCS(=O)(=O)C2)cc1[N+](=O)[O-]. The van der Waals surface area contributed by atoms with Crippen LogP contribution in [0.3, 0.4) is 0 Å². The molecule has 1 aliphatic heterocycles. The zero-order valence-electron chi connectivity index (χ0n) is 14.5. The Balaban J connectivity index is 1.95. The van der Waals surface area contributed by atoms with Crippen LogP contribution in [0.15, 0.2) is 41.0 Å². The van der Waals surface area contributed by atoms with E-state index in [9.17, 15) is 23.3 Å². The Morgan fingerprint density at radius 1 is 1.41 bits per heavy atom. The van der Waals surface area contributed by atoms with Crippen LogP contribution in [-0.4, -0.2) is 48.8 Å². The Morgan fingerprint density at radius 3 is 2.74 bits per heavy atom. The molecule has 1 unspecified atom stereocenters. The van der Waals surface area contributed by atoms with Crippen molar-refractivity contribution in [1.82, 2.24) is 4.90 Å². The highest BCUT2D eigenvalue weighted by Gasteiger charge is 2.36. The minimum absolute atomic E-state index is 0.00234. The normalized spacial score (nSPS) is 18.2. The molecule has 0 spiro atoms. The molecular formula is C17H18N2O7S. The zero-order valence-corrected chi connectivity index (χ0v) is 15.3. The third-order valence-electron chi connectivity index (χ3n) is 4.44. The lowest BCUT2D eigenvalue weighted by Crippen LogP contribution is -2.40. The molecule has 0 bridgehead atoms. The van der Waals surface area contributed by atoms with Gasteiger partial charge in [-0.3, -0.25) is 14.9 Å². The summed E-state index contributed by atoms with van der Waals surface area (Å²) >= 11 is 0. The van der Waals surface area contributed by atoms with E-state index in [1.807, 2.05) is 0 Å². The fourth-order valence-electron chi connectivity index (χ4n) is 3.09. The van der Waals surface area contributed by atoms with Crippen molar-refractivity contribution in [2.45, 2.75) is 19.0 Å². The fourth-order valence-corrected chi connectivity index (χ4v) is 4.82. The van der Waals surface area contributed by atoms with Crippen LogP contribution in [0.5, 0.6) is 5.75 Å². The highest BCUT2D eigenvalue weighted by atomic mass is 32.2. The molecule has 0 aliphatic carbocycles. The van der Waals surface area contributed by atoms with Crippen molar-refractivity contribution in [3.05, 3.63) is 58.0 Å². The molecule has 1 aromatic carbocycles. The average Bonchev–Trinajstić information content (AvgIpc) is 3.27. The Labute approximate surface area is 155 Å². The van der Waals surface area contributed by atoms with Gasteiger partial charge in [0.05, 0.1) is 36.3 Å². The number of nitro groups is 1. The van der Waals surface area contributed by atoms with E-state index in [-0.39, 0.29) is 35.1 Å². The lowest BCUT2D eigenvalue weighted by atomic mass is 10.1. The summed E-state index contributed by atoms with van der Waals surface area (Å²) < 4.78 is 34.0. The van der Waals surface area contributed by atoms with E-state index in [0.717, 1.165) is 6.07 Å². The summed E-state index contributed by atoms with van der Waals surface area (Å²) in [4.78, 5) is 25.1. The number of ether oxygens (including phenoxy) is 1. The second-order valence-electron chi connectivity index (χ2n) is 6.21. The van der Waals surface area contributed by atoms with E-state index in [2.05, 4.69) is 0 Å².